The van der Waals surface area contributed by atoms with Gasteiger partial charge in [0.25, 0.3) is 5.91 Å². The summed E-state index contributed by atoms with van der Waals surface area (Å²) in [5.41, 5.74) is 1.28. The Morgan fingerprint density at radius 2 is 1.71 bits per heavy atom. The minimum Gasteiger partial charge on any atom is -0.459 e. The van der Waals surface area contributed by atoms with Gasteiger partial charge in [-0.15, -0.1) is 11.8 Å². The van der Waals surface area contributed by atoms with Crippen molar-refractivity contribution in [3.8, 4) is 0 Å². The van der Waals surface area contributed by atoms with E-state index in [9.17, 15) is 13.2 Å². The number of nitrogens with one attached hydrogen (secondary N) is 1. The van der Waals surface area contributed by atoms with Crippen molar-refractivity contribution >= 4 is 33.4 Å². The molecule has 0 saturated carbocycles. The first-order valence-corrected chi connectivity index (χ1v) is 10.9. The Morgan fingerprint density at radius 3 is 2.36 bits per heavy atom. The first kappa shape index (κ1) is 20.2. The van der Waals surface area contributed by atoms with Gasteiger partial charge in [0.15, 0.2) is 5.76 Å². The molecule has 0 bridgehead atoms. The molecule has 2 aromatic carbocycles. The highest BCUT2D eigenvalue weighted by Gasteiger charge is 2.18. The second kappa shape index (κ2) is 8.64. The lowest BCUT2D eigenvalue weighted by atomic mass is 10.2. The minimum absolute atomic E-state index is 0.161. The van der Waals surface area contributed by atoms with Gasteiger partial charge in [0.2, 0.25) is 10.0 Å². The zero-order valence-electron chi connectivity index (χ0n) is 15.5. The van der Waals surface area contributed by atoms with Crippen LogP contribution in [0.1, 0.15) is 16.1 Å². The van der Waals surface area contributed by atoms with E-state index in [2.05, 4.69) is 5.32 Å². The van der Waals surface area contributed by atoms with Crippen molar-refractivity contribution in [2.75, 3.05) is 19.4 Å². The lowest BCUT2D eigenvalue weighted by molar-refractivity contribution is 0.0995. The van der Waals surface area contributed by atoms with Gasteiger partial charge in [0.1, 0.15) is 0 Å². The number of thioether (sulfide) groups is 1. The Hall–Kier alpha value is -2.55. The molecule has 0 saturated heterocycles. The lowest BCUT2D eigenvalue weighted by Crippen LogP contribution is -2.22. The number of amides is 1. The number of carbonyl (C=O) groups excluding carboxylic acids is 1. The van der Waals surface area contributed by atoms with Gasteiger partial charge in [-0.2, -0.15) is 0 Å². The van der Waals surface area contributed by atoms with Crippen LogP contribution in [0.5, 0.6) is 0 Å². The second-order valence-electron chi connectivity index (χ2n) is 6.14. The number of carbonyl (C=O) groups is 1. The van der Waals surface area contributed by atoms with Crippen molar-refractivity contribution in [1.29, 1.82) is 0 Å². The first-order valence-electron chi connectivity index (χ1n) is 8.46. The summed E-state index contributed by atoms with van der Waals surface area (Å²) >= 11 is 1.61. The molecule has 1 heterocycles. The number of furan rings is 1. The van der Waals surface area contributed by atoms with Gasteiger partial charge in [-0.25, -0.2) is 12.7 Å². The monoisotopic (exact) mass is 416 g/mol. The van der Waals surface area contributed by atoms with E-state index >= 15 is 0 Å². The average molecular weight is 417 g/mol. The van der Waals surface area contributed by atoms with Crippen LogP contribution >= 0.6 is 11.8 Å². The molecule has 1 aromatic heterocycles. The van der Waals surface area contributed by atoms with Crippen molar-refractivity contribution in [3.05, 3.63) is 78.3 Å². The van der Waals surface area contributed by atoms with Crippen LogP contribution in [0.25, 0.3) is 0 Å². The predicted octanol–water partition coefficient (Wildman–Crippen LogP) is 4.07. The van der Waals surface area contributed by atoms with Gasteiger partial charge in [-0.3, -0.25) is 4.79 Å². The number of anilines is 1. The van der Waals surface area contributed by atoms with E-state index in [1.165, 1.54) is 32.5 Å². The predicted molar refractivity (Wildman–Crippen MR) is 110 cm³/mol. The quantitative estimate of drug-likeness (QED) is 0.587. The second-order valence-corrected chi connectivity index (χ2v) is 9.34. The van der Waals surface area contributed by atoms with Crippen LogP contribution in [0.15, 0.2) is 81.1 Å². The number of nitrogens with zero attached hydrogens (tertiary/aromatic N) is 1. The zero-order chi connectivity index (χ0) is 20.1. The van der Waals surface area contributed by atoms with Gasteiger partial charge in [0.05, 0.1) is 11.2 Å². The number of sulfonamides is 1. The van der Waals surface area contributed by atoms with E-state index in [0.29, 0.717) is 11.4 Å². The lowest BCUT2D eigenvalue weighted by Gasteiger charge is -2.12. The maximum absolute atomic E-state index is 12.6. The molecule has 0 radical (unpaired) electrons. The summed E-state index contributed by atoms with van der Waals surface area (Å²) in [6.07, 6.45) is 1.49. The van der Waals surface area contributed by atoms with Crippen LogP contribution in [-0.2, 0) is 15.8 Å². The van der Waals surface area contributed by atoms with Crippen LogP contribution < -0.4 is 5.32 Å². The molecule has 1 N–H and O–H groups in total. The molecule has 0 unspecified atom stereocenters. The molecule has 0 aliphatic rings. The van der Waals surface area contributed by atoms with E-state index in [0.717, 1.165) is 14.8 Å². The molecule has 1 amide bonds. The molecular weight excluding hydrogens is 396 g/mol. The van der Waals surface area contributed by atoms with E-state index < -0.39 is 10.0 Å². The van der Waals surface area contributed by atoms with Crippen LogP contribution in [0.4, 0.5) is 5.69 Å². The minimum atomic E-state index is -3.51. The maximum atomic E-state index is 12.6. The van der Waals surface area contributed by atoms with Gasteiger partial charge in [0, 0.05) is 36.0 Å². The molecule has 28 heavy (non-hydrogen) atoms. The molecule has 0 fully saturated rings. The van der Waals surface area contributed by atoms with Gasteiger partial charge >= 0.3 is 0 Å². The molecule has 3 aromatic rings. The molecule has 146 valence electrons. The van der Waals surface area contributed by atoms with E-state index in [-0.39, 0.29) is 16.6 Å². The third kappa shape index (κ3) is 4.64. The Morgan fingerprint density at radius 1 is 1.04 bits per heavy atom. The van der Waals surface area contributed by atoms with Crippen LogP contribution in [-0.4, -0.2) is 32.7 Å². The van der Waals surface area contributed by atoms with Gasteiger partial charge in [-0.05, 0) is 42.5 Å². The highest BCUT2D eigenvalue weighted by Crippen LogP contribution is 2.25. The molecule has 0 aliphatic carbocycles. The largest absolute Gasteiger partial charge is 0.459 e. The number of hydrogen-bond donors (Lipinski definition) is 1. The topological polar surface area (TPSA) is 79.6 Å². The SMILES string of the molecule is CN(C)S(=O)(=O)c1ccc(NC(=O)c2occc2CSc2ccccc2)cc1. The smallest absolute Gasteiger partial charge is 0.291 e. The Bertz CT molecular complexity index is 1040. The average Bonchev–Trinajstić information content (AvgIpc) is 3.16. The van der Waals surface area contributed by atoms with Crippen LogP contribution in [0.3, 0.4) is 0 Å². The number of benzene rings is 2. The normalized spacial score (nSPS) is 11.5. The third-order valence-corrected chi connectivity index (χ3v) is 6.87. The molecule has 0 atom stereocenters. The Kier molecular flexibility index (Phi) is 6.23. The Balaban J connectivity index is 1.68. The van der Waals surface area contributed by atoms with Crippen molar-refractivity contribution < 1.29 is 17.6 Å². The summed E-state index contributed by atoms with van der Waals surface area (Å²) < 4.78 is 30.7. The molecule has 3 rings (SSSR count). The molecule has 6 nitrogen and oxygen atoms in total. The maximum Gasteiger partial charge on any atom is 0.291 e. The van der Waals surface area contributed by atoms with Gasteiger partial charge in [-0.1, -0.05) is 18.2 Å². The third-order valence-electron chi connectivity index (χ3n) is 3.98. The van der Waals surface area contributed by atoms with Gasteiger partial charge < -0.3 is 9.73 Å². The number of rotatable bonds is 7. The first-order chi connectivity index (χ1) is 13.4. The summed E-state index contributed by atoms with van der Waals surface area (Å²) in [4.78, 5) is 13.8. The molecule has 0 spiro atoms. The summed E-state index contributed by atoms with van der Waals surface area (Å²) in [6.45, 7) is 0. The summed E-state index contributed by atoms with van der Waals surface area (Å²) in [5.74, 6) is 0.466. The molecule has 0 aliphatic heterocycles. The summed E-state index contributed by atoms with van der Waals surface area (Å²) in [6, 6.07) is 17.7. The van der Waals surface area contributed by atoms with Crippen molar-refractivity contribution in [3.63, 3.8) is 0 Å². The Labute approximate surface area is 168 Å². The van der Waals surface area contributed by atoms with Crippen molar-refractivity contribution in [2.45, 2.75) is 15.5 Å². The summed E-state index contributed by atoms with van der Waals surface area (Å²) in [5, 5.41) is 2.74. The fraction of sp³-hybridized carbons (Fsp3) is 0.150. The highest BCUT2D eigenvalue weighted by atomic mass is 32.2. The van der Waals surface area contributed by atoms with E-state index in [1.807, 2.05) is 30.3 Å². The van der Waals surface area contributed by atoms with E-state index in [4.69, 9.17) is 4.42 Å². The standard InChI is InChI=1S/C20H20N2O4S2/c1-22(2)28(24,25)18-10-8-16(9-11-18)21-20(23)19-15(12-13-26-19)14-27-17-6-4-3-5-7-17/h3-13H,14H2,1-2H3,(H,21,23). The van der Waals surface area contributed by atoms with Crippen LogP contribution in [0.2, 0.25) is 0 Å². The van der Waals surface area contributed by atoms with Crippen molar-refractivity contribution in [1.82, 2.24) is 4.31 Å². The fourth-order valence-corrected chi connectivity index (χ4v) is 4.24. The van der Waals surface area contributed by atoms with Crippen molar-refractivity contribution in [2.24, 2.45) is 0 Å². The van der Waals surface area contributed by atoms with E-state index in [1.54, 1.807) is 30.0 Å². The van der Waals surface area contributed by atoms with Crippen LogP contribution in [0, 0.1) is 0 Å². The summed E-state index contributed by atoms with van der Waals surface area (Å²) in [7, 11) is -0.568. The highest BCUT2D eigenvalue weighted by molar-refractivity contribution is 7.98. The number of hydrogen-bond acceptors (Lipinski definition) is 5. The fourth-order valence-electron chi connectivity index (χ4n) is 2.44. The molecule has 8 heteroatoms. The molecular formula is C20H20N2O4S2. The zero-order valence-corrected chi connectivity index (χ0v) is 17.1.